The molecule has 0 aliphatic carbocycles. The van der Waals surface area contributed by atoms with E-state index < -0.39 is 35.1 Å². The van der Waals surface area contributed by atoms with Crippen molar-refractivity contribution in [1.82, 2.24) is 5.32 Å². The average molecular weight is 442 g/mol. The second kappa shape index (κ2) is 9.35. The summed E-state index contributed by atoms with van der Waals surface area (Å²) in [5.74, 6) is -1.44. The molecule has 1 atom stereocenters. The van der Waals surface area contributed by atoms with Crippen LogP contribution in [0, 0.1) is 0 Å². The molecule has 0 unspecified atom stereocenters. The van der Waals surface area contributed by atoms with E-state index in [1.807, 2.05) is 0 Å². The summed E-state index contributed by atoms with van der Waals surface area (Å²) in [6.45, 7) is 10.5. The van der Waals surface area contributed by atoms with Crippen molar-refractivity contribution in [3.63, 3.8) is 0 Å². The lowest BCUT2D eigenvalue weighted by Crippen LogP contribution is -2.44. The zero-order valence-electron chi connectivity index (χ0n) is 16.7. The largest absolute Gasteiger partial charge is 0.460 e. The average Bonchev–Trinajstić information content (AvgIpc) is 2.48. The molecule has 0 aliphatic rings. The Bertz CT molecular complexity index is 671. The van der Waals surface area contributed by atoms with Crippen LogP contribution >= 0.6 is 15.9 Å². The Balaban J connectivity index is 2.84. The summed E-state index contributed by atoms with van der Waals surface area (Å²) >= 11 is 3.31. The molecular weight excluding hydrogens is 414 g/mol. The van der Waals surface area contributed by atoms with Gasteiger partial charge in [0.1, 0.15) is 17.2 Å². The van der Waals surface area contributed by atoms with Gasteiger partial charge in [0.15, 0.2) is 0 Å². The maximum atomic E-state index is 12.5. The Labute approximate surface area is 169 Å². The molecule has 0 fully saturated rings. The van der Waals surface area contributed by atoms with Crippen LogP contribution in [-0.2, 0) is 19.1 Å². The Morgan fingerprint density at radius 3 is 1.96 bits per heavy atom. The number of halogens is 1. The summed E-state index contributed by atoms with van der Waals surface area (Å²) in [7, 11) is 0. The number of hydrogen-bond donors (Lipinski definition) is 1. The number of carbonyl (C=O) groups excluding carboxylic acids is 3. The molecular formula is C20H28BrNO5. The first-order valence-corrected chi connectivity index (χ1v) is 9.57. The maximum absolute atomic E-state index is 12.5. The predicted octanol–water partition coefficient (Wildman–Crippen LogP) is 4.01. The van der Waals surface area contributed by atoms with Gasteiger partial charge in [-0.2, -0.15) is 0 Å². The second-order valence-corrected chi connectivity index (χ2v) is 9.11. The highest BCUT2D eigenvalue weighted by atomic mass is 79.9. The number of nitrogens with one attached hydrogen (secondary N) is 1. The molecule has 0 saturated heterocycles. The Hall–Kier alpha value is -1.89. The fourth-order valence-corrected chi connectivity index (χ4v) is 2.38. The third kappa shape index (κ3) is 9.56. The molecule has 27 heavy (non-hydrogen) atoms. The molecule has 1 aromatic rings. The lowest BCUT2D eigenvalue weighted by atomic mass is 10.1. The van der Waals surface area contributed by atoms with Crippen LogP contribution in [0.5, 0.6) is 0 Å². The molecule has 0 bridgehead atoms. The zero-order valence-corrected chi connectivity index (χ0v) is 18.3. The third-order valence-electron chi connectivity index (χ3n) is 3.16. The van der Waals surface area contributed by atoms with Gasteiger partial charge in [-0.05, 0) is 72.2 Å². The van der Waals surface area contributed by atoms with E-state index >= 15 is 0 Å². The highest BCUT2D eigenvalue weighted by Gasteiger charge is 2.28. The van der Waals surface area contributed by atoms with E-state index in [9.17, 15) is 14.4 Å². The maximum Gasteiger partial charge on any atom is 0.329 e. The molecule has 0 aromatic heterocycles. The van der Waals surface area contributed by atoms with E-state index in [0.29, 0.717) is 5.56 Å². The van der Waals surface area contributed by atoms with Gasteiger partial charge in [0.25, 0.3) is 5.91 Å². The first-order valence-electron chi connectivity index (χ1n) is 8.78. The standard InChI is InChI=1S/C20H28BrNO5/c1-19(2,3)26-16(23)12-11-15(18(25)27-20(4,5)6)22-17(24)13-7-9-14(21)10-8-13/h7-10,15H,11-12H2,1-6H3,(H,22,24)/t15-/m0/s1. The van der Waals surface area contributed by atoms with E-state index in [1.54, 1.807) is 65.8 Å². The monoisotopic (exact) mass is 441 g/mol. The molecule has 0 spiro atoms. The minimum absolute atomic E-state index is 0.0121. The minimum atomic E-state index is -0.951. The van der Waals surface area contributed by atoms with E-state index in [0.717, 1.165) is 4.47 Å². The summed E-state index contributed by atoms with van der Waals surface area (Å²) in [5.41, 5.74) is -0.910. The van der Waals surface area contributed by atoms with Gasteiger partial charge >= 0.3 is 11.9 Å². The van der Waals surface area contributed by atoms with Gasteiger partial charge in [-0.15, -0.1) is 0 Å². The Kier molecular flexibility index (Phi) is 8.02. The lowest BCUT2D eigenvalue weighted by molar-refractivity contribution is -0.158. The predicted molar refractivity (Wildman–Crippen MR) is 106 cm³/mol. The van der Waals surface area contributed by atoms with Crippen LogP contribution < -0.4 is 5.32 Å². The summed E-state index contributed by atoms with van der Waals surface area (Å²) in [6, 6.07) is 5.79. The van der Waals surface area contributed by atoms with Crippen LogP contribution in [0.3, 0.4) is 0 Å². The summed E-state index contributed by atoms with van der Waals surface area (Å²) < 4.78 is 11.5. The van der Waals surface area contributed by atoms with Crippen molar-refractivity contribution < 1.29 is 23.9 Å². The van der Waals surface area contributed by atoms with Gasteiger partial charge in [-0.25, -0.2) is 4.79 Å². The van der Waals surface area contributed by atoms with Gasteiger partial charge in [-0.3, -0.25) is 9.59 Å². The molecule has 0 aliphatic heterocycles. The molecule has 1 rings (SSSR count). The van der Waals surface area contributed by atoms with Gasteiger partial charge in [0.2, 0.25) is 0 Å². The Morgan fingerprint density at radius 2 is 1.48 bits per heavy atom. The summed E-state index contributed by atoms with van der Waals surface area (Å²) in [4.78, 5) is 36.9. The third-order valence-corrected chi connectivity index (χ3v) is 3.69. The molecule has 1 aromatic carbocycles. The van der Waals surface area contributed by atoms with E-state index in [4.69, 9.17) is 9.47 Å². The van der Waals surface area contributed by atoms with Crippen molar-refractivity contribution in [2.75, 3.05) is 0 Å². The number of amides is 1. The molecule has 1 N–H and O–H groups in total. The van der Waals surface area contributed by atoms with Crippen molar-refractivity contribution in [2.45, 2.75) is 71.6 Å². The first kappa shape index (κ1) is 23.1. The number of esters is 2. The van der Waals surface area contributed by atoms with Gasteiger partial charge < -0.3 is 14.8 Å². The van der Waals surface area contributed by atoms with Crippen molar-refractivity contribution in [3.8, 4) is 0 Å². The lowest BCUT2D eigenvalue weighted by Gasteiger charge is -2.25. The molecule has 1 amide bonds. The van der Waals surface area contributed by atoms with Crippen molar-refractivity contribution in [1.29, 1.82) is 0 Å². The van der Waals surface area contributed by atoms with Crippen LogP contribution in [0.25, 0.3) is 0 Å². The van der Waals surface area contributed by atoms with Crippen LogP contribution in [-0.4, -0.2) is 35.1 Å². The SMILES string of the molecule is CC(C)(C)OC(=O)CC[C@H](NC(=O)c1ccc(Br)cc1)C(=O)OC(C)(C)C. The van der Waals surface area contributed by atoms with Crippen molar-refractivity contribution in [2.24, 2.45) is 0 Å². The molecule has 0 radical (unpaired) electrons. The van der Waals surface area contributed by atoms with Crippen LogP contribution in [0.15, 0.2) is 28.7 Å². The molecule has 150 valence electrons. The van der Waals surface area contributed by atoms with E-state index in [-0.39, 0.29) is 12.8 Å². The Morgan fingerprint density at radius 1 is 0.963 bits per heavy atom. The molecule has 0 saturated carbocycles. The summed E-state index contributed by atoms with van der Waals surface area (Å²) in [6.07, 6.45) is 0.0773. The summed E-state index contributed by atoms with van der Waals surface area (Å²) in [5, 5.41) is 2.66. The number of carbonyl (C=O) groups is 3. The fraction of sp³-hybridized carbons (Fsp3) is 0.550. The highest BCUT2D eigenvalue weighted by molar-refractivity contribution is 9.10. The van der Waals surface area contributed by atoms with E-state index in [2.05, 4.69) is 21.2 Å². The van der Waals surface area contributed by atoms with Gasteiger partial charge in [0.05, 0.1) is 0 Å². The fourth-order valence-electron chi connectivity index (χ4n) is 2.12. The quantitative estimate of drug-likeness (QED) is 0.674. The van der Waals surface area contributed by atoms with Crippen LogP contribution in [0.4, 0.5) is 0 Å². The normalized spacial score (nSPS) is 12.9. The van der Waals surface area contributed by atoms with Crippen LogP contribution in [0.1, 0.15) is 64.7 Å². The number of hydrogen-bond acceptors (Lipinski definition) is 5. The van der Waals surface area contributed by atoms with Gasteiger partial charge in [-0.1, -0.05) is 15.9 Å². The number of benzene rings is 1. The molecule has 0 heterocycles. The second-order valence-electron chi connectivity index (χ2n) is 8.19. The van der Waals surface area contributed by atoms with E-state index in [1.165, 1.54) is 0 Å². The molecule has 6 nitrogen and oxygen atoms in total. The van der Waals surface area contributed by atoms with Gasteiger partial charge in [0, 0.05) is 16.5 Å². The first-order chi connectivity index (χ1) is 12.3. The topological polar surface area (TPSA) is 81.7 Å². The van der Waals surface area contributed by atoms with Crippen LogP contribution in [0.2, 0.25) is 0 Å². The smallest absolute Gasteiger partial charge is 0.329 e. The minimum Gasteiger partial charge on any atom is -0.460 e. The highest BCUT2D eigenvalue weighted by Crippen LogP contribution is 2.15. The number of rotatable bonds is 6. The number of ether oxygens (including phenoxy) is 2. The van der Waals surface area contributed by atoms with Crippen molar-refractivity contribution >= 4 is 33.8 Å². The molecule has 7 heteroatoms. The zero-order chi connectivity index (χ0) is 20.8. The van der Waals surface area contributed by atoms with Crippen molar-refractivity contribution in [3.05, 3.63) is 34.3 Å².